The first-order valence-corrected chi connectivity index (χ1v) is 9.30. The maximum atomic E-state index is 12.4. The number of hydrogen-bond donors (Lipinski definition) is 1. The Hall–Kier alpha value is -3.27. The minimum absolute atomic E-state index is 0.0203. The average Bonchev–Trinajstić information content (AvgIpc) is 3.30. The monoisotopic (exact) mass is 403 g/mol. The number of hydrogen-bond acceptors (Lipinski definition) is 9. The Balaban J connectivity index is 1.59. The first kappa shape index (κ1) is 19.5. The molecule has 3 rings (SSSR count). The van der Waals surface area contributed by atoms with Crippen LogP contribution in [0.15, 0.2) is 34.4 Å². The number of carbonyl (C=O) groups is 3. The van der Waals surface area contributed by atoms with Crippen LogP contribution in [0.1, 0.15) is 29.9 Å². The summed E-state index contributed by atoms with van der Waals surface area (Å²) in [6, 6.07) is 4.85. The van der Waals surface area contributed by atoms with E-state index in [1.807, 2.05) is 0 Å². The third-order valence-electron chi connectivity index (χ3n) is 3.65. The van der Waals surface area contributed by atoms with E-state index in [4.69, 9.17) is 13.9 Å². The maximum Gasteiger partial charge on any atom is 0.341 e. The lowest BCUT2D eigenvalue weighted by molar-refractivity contribution is -0.142. The fourth-order valence-corrected chi connectivity index (χ4v) is 3.05. The van der Waals surface area contributed by atoms with Gasteiger partial charge in [0.25, 0.3) is 5.91 Å². The number of aromatic nitrogens is 2. The van der Waals surface area contributed by atoms with E-state index in [0.29, 0.717) is 21.9 Å². The highest BCUT2D eigenvalue weighted by Gasteiger charge is 2.22. The molecule has 0 aliphatic rings. The molecule has 0 spiro atoms. The van der Waals surface area contributed by atoms with E-state index in [-0.39, 0.29) is 18.6 Å². The van der Waals surface area contributed by atoms with Crippen LogP contribution < -0.4 is 5.32 Å². The third-order valence-corrected chi connectivity index (χ3v) is 4.45. The Kier molecular flexibility index (Phi) is 5.99. The number of nitrogens with zero attached hydrogens (tertiary/aromatic N) is 2. The molecule has 28 heavy (non-hydrogen) atoms. The molecule has 1 atom stereocenters. The molecule has 0 bridgehead atoms. The summed E-state index contributed by atoms with van der Waals surface area (Å²) in [5.41, 5.74) is 1.50. The molecule has 0 aliphatic heterocycles. The zero-order valence-electron chi connectivity index (χ0n) is 15.1. The van der Waals surface area contributed by atoms with E-state index in [1.54, 1.807) is 30.5 Å². The topological polar surface area (TPSA) is 121 Å². The van der Waals surface area contributed by atoms with Gasteiger partial charge in [-0.05, 0) is 26.0 Å². The molecule has 1 amide bonds. The summed E-state index contributed by atoms with van der Waals surface area (Å²) in [5.74, 6) is -1.63. The summed E-state index contributed by atoms with van der Waals surface area (Å²) >= 11 is 1.16. The van der Waals surface area contributed by atoms with Gasteiger partial charge in [-0.25, -0.2) is 14.8 Å². The van der Waals surface area contributed by atoms with Gasteiger partial charge in [0.1, 0.15) is 5.52 Å². The van der Waals surface area contributed by atoms with Crippen molar-refractivity contribution in [2.75, 3.05) is 11.9 Å². The highest BCUT2D eigenvalue weighted by atomic mass is 32.1. The van der Waals surface area contributed by atoms with Gasteiger partial charge in [-0.15, -0.1) is 11.3 Å². The van der Waals surface area contributed by atoms with Crippen molar-refractivity contribution in [3.8, 4) is 0 Å². The molecule has 10 heteroatoms. The van der Waals surface area contributed by atoms with Crippen molar-refractivity contribution in [2.24, 2.45) is 0 Å². The second-order valence-electron chi connectivity index (χ2n) is 5.67. The van der Waals surface area contributed by atoms with E-state index >= 15 is 0 Å². The number of ether oxygens (including phenoxy) is 2. The largest absolute Gasteiger partial charge is 0.466 e. The summed E-state index contributed by atoms with van der Waals surface area (Å²) in [6.07, 6.45) is 0.187. The molecule has 2 heterocycles. The molecular weight excluding hydrogens is 386 g/mol. The summed E-state index contributed by atoms with van der Waals surface area (Å²) in [5, 5.41) is 4.51. The van der Waals surface area contributed by atoms with Gasteiger partial charge in [0.2, 0.25) is 0 Å². The van der Waals surface area contributed by atoms with Gasteiger partial charge in [0.15, 0.2) is 23.2 Å². The van der Waals surface area contributed by atoms with Crippen LogP contribution in [0.5, 0.6) is 0 Å². The zero-order valence-corrected chi connectivity index (χ0v) is 15.9. The summed E-state index contributed by atoms with van der Waals surface area (Å²) in [4.78, 5) is 44.2. The first-order chi connectivity index (χ1) is 13.5. The summed E-state index contributed by atoms with van der Waals surface area (Å²) < 4.78 is 15.2. The van der Waals surface area contributed by atoms with E-state index in [0.717, 1.165) is 11.3 Å². The van der Waals surface area contributed by atoms with Crippen LogP contribution >= 0.6 is 11.3 Å². The molecule has 1 unspecified atom stereocenters. The van der Waals surface area contributed by atoms with E-state index in [9.17, 15) is 14.4 Å². The van der Waals surface area contributed by atoms with E-state index < -0.39 is 23.9 Å². The lowest BCUT2D eigenvalue weighted by Crippen LogP contribution is -2.30. The average molecular weight is 403 g/mol. The Bertz CT molecular complexity index is 1010. The molecule has 0 aliphatic carbocycles. The molecule has 0 saturated carbocycles. The Morgan fingerprint density at radius 1 is 1.32 bits per heavy atom. The molecule has 0 saturated heterocycles. The van der Waals surface area contributed by atoms with Crippen molar-refractivity contribution in [1.29, 1.82) is 0 Å². The number of oxazole rings is 1. The molecule has 146 valence electrons. The lowest BCUT2D eigenvalue weighted by Gasteiger charge is -2.12. The van der Waals surface area contributed by atoms with Gasteiger partial charge in [-0.1, -0.05) is 6.07 Å². The fourth-order valence-electron chi connectivity index (χ4n) is 2.34. The minimum Gasteiger partial charge on any atom is -0.466 e. The molecule has 1 aromatic carbocycles. The van der Waals surface area contributed by atoms with Crippen molar-refractivity contribution in [3.05, 3.63) is 41.2 Å². The van der Waals surface area contributed by atoms with Crippen LogP contribution in [-0.4, -0.2) is 40.5 Å². The Morgan fingerprint density at radius 2 is 2.14 bits per heavy atom. The van der Waals surface area contributed by atoms with Crippen molar-refractivity contribution in [3.63, 3.8) is 0 Å². The minimum atomic E-state index is -1.06. The number of fused-ring (bicyclic) bond motifs is 1. The molecule has 9 nitrogen and oxygen atoms in total. The van der Waals surface area contributed by atoms with Crippen molar-refractivity contribution < 1.29 is 28.3 Å². The zero-order chi connectivity index (χ0) is 20.1. The molecule has 1 N–H and O–H groups in total. The number of para-hydroxylation sites is 1. The quantitative estimate of drug-likeness (QED) is 0.598. The van der Waals surface area contributed by atoms with Crippen LogP contribution in [0, 0.1) is 0 Å². The summed E-state index contributed by atoms with van der Waals surface area (Å²) in [7, 11) is 0. The molecule has 2 aromatic heterocycles. The van der Waals surface area contributed by atoms with Gasteiger partial charge in [-0.2, -0.15) is 0 Å². The van der Waals surface area contributed by atoms with Crippen LogP contribution in [0.25, 0.3) is 11.1 Å². The first-order valence-electron chi connectivity index (χ1n) is 8.42. The standard InChI is InChI=1S/C18H17N3O6S/c1-3-25-14(22)7-11-8-28-18(20-11)21-16(23)10(2)27-17(24)12-5-4-6-13-15(12)19-9-26-13/h4-6,8-10H,3,7H2,1-2H3,(H,20,21,23). The molecule has 3 aromatic rings. The number of esters is 2. The smallest absolute Gasteiger partial charge is 0.341 e. The predicted octanol–water partition coefficient (Wildman–Crippen LogP) is 2.57. The van der Waals surface area contributed by atoms with Gasteiger partial charge >= 0.3 is 11.9 Å². The molecule has 0 radical (unpaired) electrons. The van der Waals surface area contributed by atoms with Crippen LogP contribution in [0.4, 0.5) is 5.13 Å². The van der Waals surface area contributed by atoms with Crippen LogP contribution in [0.2, 0.25) is 0 Å². The maximum absolute atomic E-state index is 12.4. The Morgan fingerprint density at radius 3 is 2.93 bits per heavy atom. The SMILES string of the molecule is CCOC(=O)Cc1csc(NC(=O)C(C)OC(=O)c2cccc3ocnc23)n1. The van der Waals surface area contributed by atoms with Crippen molar-refractivity contribution >= 4 is 45.4 Å². The second-order valence-corrected chi connectivity index (χ2v) is 6.53. The molecule has 0 fully saturated rings. The molecular formula is C18H17N3O6S. The van der Waals surface area contributed by atoms with Gasteiger partial charge in [0.05, 0.1) is 24.3 Å². The highest BCUT2D eigenvalue weighted by molar-refractivity contribution is 7.13. The third kappa shape index (κ3) is 4.52. The predicted molar refractivity (Wildman–Crippen MR) is 100.0 cm³/mol. The van der Waals surface area contributed by atoms with Crippen LogP contribution in [-0.2, 0) is 25.5 Å². The van der Waals surface area contributed by atoms with Crippen LogP contribution in [0.3, 0.4) is 0 Å². The van der Waals surface area contributed by atoms with Gasteiger partial charge < -0.3 is 13.9 Å². The number of thiazole rings is 1. The van der Waals surface area contributed by atoms with E-state index in [1.165, 1.54) is 13.3 Å². The number of carbonyl (C=O) groups excluding carboxylic acids is 3. The number of anilines is 1. The summed E-state index contributed by atoms with van der Waals surface area (Å²) in [6.45, 7) is 3.46. The number of amides is 1. The normalized spacial score (nSPS) is 11.8. The van der Waals surface area contributed by atoms with E-state index in [2.05, 4.69) is 15.3 Å². The fraction of sp³-hybridized carbons (Fsp3) is 0.278. The number of nitrogens with one attached hydrogen (secondary N) is 1. The van der Waals surface area contributed by atoms with Crippen molar-refractivity contribution in [1.82, 2.24) is 9.97 Å². The number of benzene rings is 1. The van der Waals surface area contributed by atoms with Gasteiger partial charge in [0, 0.05) is 5.38 Å². The number of rotatable bonds is 7. The Labute approximate surface area is 163 Å². The van der Waals surface area contributed by atoms with Gasteiger partial charge in [-0.3, -0.25) is 14.9 Å². The second kappa shape index (κ2) is 8.61. The highest BCUT2D eigenvalue weighted by Crippen LogP contribution is 2.19. The van der Waals surface area contributed by atoms with Crippen molar-refractivity contribution in [2.45, 2.75) is 26.4 Å². The lowest BCUT2D eigenvalue weighted by atomic mass is 10.2.